The topological polar surface area (TPSA) is 53.8 Å². The van der Waals surface area contributed by atoms with Gasteiger partial charge in [0.1, 0.15) is 0 Å². The van der Waals surface area contributed by atoms with Crippen LogP contribution in [0.4, 0.5) is 0 Å². The zero-order valence-electron chi connectivity index (χ0n) is 14.6. The van der Waals surface area contributed by atoms with Crippen LogP contribution in [-0.2, 0) is 4.79 Å². The lowest BCUT2D eigenvalue weighted by Gasteiger charge is -2.07. The Morgan fingerprint density at radius 3 is 2.23 bits per heavy atom. The highest BCUT2D eigenvalue weighted by atomic mass is 32.2. The summed E-state index contributed by atoms with van der Waals surface area (Å²) < 4.78 is 0. The van der Waals surface area contributed by atoms with E-state index in [0.29, 0.717) is 5.17 Å². The van der Waals surface area contributed by atoms with Crippen molar-refractivity contribution in [3.63, 3.8) is 0 Å². The minimum Gasteiger partial charge on any atom is -0.303 e. The Kier molecular flexibility index (Phi) is 4.47. The third kappa shape index (κ3) is 3.10. The van der Waals surface area contributed by atoms with Crippen molar-refractivity contribution in [3.8, 4) is 0 Å². The average Bonchev–Trinajstić information content (AvgIpc) is 3.02. The first-order valence-corrected chi connectivity index (χ1v) is 9.50. The molecule has 26 heavy (non-hydrogen) atoms. The van der Waals surface area contributed by atoms with Crippen molar-refractivity contribution in [1.29, 1.82) is 0 Å². The number of amidine groups is 1. The van der Waals surface area contributed by atoms with E-state index in [-0.39, 0.29) is 17.1 Å². The number of nitrogens with zero attached hydrogens (tertiary/aromatic N) is 2. The summed E-state index contributed by atoms with van der Waals surface area (Å²) in [5.41, 5.74) is 1.04. The second-order valence-corrected chi connectivity index (χ2v) is 7.78. The van der Waals surface area contributed by atoms with Gasteiger partial charge in [0.2, 0.25) is 5.91 Å². The summed E-state index contributed by atoms with van der Waals surface area (Å²) in [6, 6.07) is 18.7. The summed E-state index contributed by atoms with van der Waals surface area (Å²) in [5, 5.41) is 16.4. The van der Waals surface area contributed by atoms with Crippen LogP contribution in [0.25, 0.3) is 21.5 Å². The van der Waals surface area contributed by atoms with Crippen LogP contribution in [0.1, 0.15) is 19.4 Å². The number of rotatable bonds is 3. The molecule has 4 nitrogen and oxygen atoms in total. The second kappa shape index (κ2) is 6.92. The van der Waals surface area contributed by atoms with Crippen LogP contribution in [-0.4, -0.2) is 22.5 Å². The van der Waals surface area contributed by atoms with Crippen molar-refractivity contribution in [1.82, 2.24) is 5.32 Å². The molecule has 1 aliphatic heterocycles. The Hall–Kier alpha value is -2.66. The summed E-state index contributed by atoms with van der Waals surface area (Å²) in [4.78, 5) is 11.9. The van der Waals surface area contributed by atoms with Gasteiger partial charge < -0.3 is 5.32 Å². The lowest BCUT2D eigenvalue weighted by atomic mass is 9.97. The van der Waals surface area contributed by atoms with Gasteiger partial charge in [-0.1, -0.05) is 74.1 Å². The third-order valence-electron chi connectivity index (χ3n) is 4.48. The molecule has 5 heteroatoms. The molecule has 0 saturated carbocycles. The minimum atomic E-state index is -0.0951. The highest BCUT2D eigenvalue weighted by Gasteiger charge is 2.32. The summed E-state index contributed by atoms with van der Waals surface area (Å²) in [5.74, 6) is 0.272. The van der Waals surface area contributed by atoms with E-state index in [2.05, 4.69) is 45.9 Å². The van der Waals surface area contributed by atoms with Crippen molar-refractivity contribution in [3.05, 3.63) is 60.2 Å². The monoisotopic (exact) mass is 361 g/mol. The van der Waals surface area contributed by atoms with Gasteiger partial charge in [-0.3, -0.25) is 4.79 Å². The van der Waals surface area contributed by atoms with Crippen LogP contribution < -0.4 is 5.32 Å². The normalized spacial score (nSPS) is 19.3. The molecule has 1 fully saturated rings. The number of benzene rings is 3. The molecule has 0 bridgehead atoms. The van der Waals surface area contributed by atoms with Crippen molar-refractivity contribution < 1.29 is 4.79 Å². The van der Waals surface area contributed by atoms with Gasteiger partial charge in [-0.05, 0) is 33.5 Å². The fourth-order valence-corrected chi connectivity index (χ4v) is 4.13. The number of carbonyl (C=O) groups excluding carboxylic acids is 1. The van der Waals surface area contributed by atoms with E-state index in [1.165, 1.54) is 22.5 Å². The molecule has 1 N–H and O–H groups in total. The fraction of sp³-hybridized carbons (Fsp3) is 0.190. The number of thioether (sulfide) groups is 1. The van der Waals surface area contributed by atoms with Crippen LogP contribution in [0.15, 0.2) is 64.8 Å². The van der Waals surface area contributed by atoms with Crippen LogP contribution >= 0.6 is 11.8 Å². The molecule has 0 aromatic heterocycles. The molecule has 0 spiro atoms. The zero-order chi connectivity index (χ0) is 18.1. The standard InChI is InChI=1S/C21H19N3OS/c1-13(2)19-20(25)23-21(26-19)24-22-12-18-16-9-5-3-7-14(16)11-15-8-4-6-10-17(15)18/h3-13,19H,1-2H3,(H,23,24,25)/t19-/m0/s1. The molecule has 1 atom stereocenters. The Labute approximate surface area is 156 Å². The van der Waals surface area contributed by atoms with E-state index in [0.717, 1.165) is 16.3 Å². The van der Waals surface area contributed by atoms with Crippen molar-refractivity contribution in [2.75, 3.05) is 0 Å². The number of hydrogen-bond acceptors (Lipinski definition) is 4. The Balaban J connectivity index is 1.73. The number of fused-ring (bicyclic) bond motifs is 2. The van der Waals surface area contributed by atoms with Gasteiger partial charge in [-0.15, -0.1) is 5.10 Å². The van der Waals surface area contributed by atoms with Gasteiger partial charge in [0, 0.05) is 5.56 Å². The highest BCUT2D eigenvalue weighted by Crippen LogP contribution is 2.28. The van der Waals surface area contributed by atoms with Crippen LogP contribution in [0.3, 0.4) is 0 Å². The molecule has 3 aromatic rings. The Morgan fingerprint density at radius 2 is 1.65 bits per heavy atom. The van der Waals surface area contributed by atoms with Gasteiger partial charge in [-0.2, -0.15) is 5.10 Å². The number of amides is 1. The molecule has 4 rings (SSSR count). The fourth-order valence-electron chi connectivity index (χ4n) is 3.19. The summed E-state index contributed by atoms with van der Waals surface area (Å²) in [6.45, 7) is 4.07. The second-order valence-electron chi connectivity index (χ2n) is 6.65. The van der Waals surface area contributed by atoms with E-state index in [4.69, 9.17) is 0 Å². The van der Waals surface area contributed by atoms with E-state index in [1.54, 1.807) is 6.21 Å². The molecule has 0 radical (unpaired) electrons. The molecule has 1 aliphatic rings. The molecule has 1 amide bonds. The van der Waals surface area contributed by atoms with Crippen molar-refractivity contribution >= 4 is 50.6 Å². The SMILES string of the molecule is CC(C)[C@@H]1SC(=NN=Cc2c3ccccc3cc3ccccc23)NC1=O. The van der Waals surface area contributed by atoms with Gasteiger partial charge in [-0.25, -0.2) is 0 Å². The molecule has 1 heterocycles. The molecule has 1 saturated heterocycles. The maximum Gasteiger partial charge on any atom is 0.239 e. The predicted octanol–water partition coefficient (Wildman–Crippen LogP) is 4.57. The first-order chi connectivity index (χ1) is 12.6. The molecular weight excluding hydrogens is 342 g/mol. The minimum absolute atomic E-state index is 0.00885. The summed E-state index contributed by atoms with van der Waals surface area (Å²) in [7, 11) is 0. The van der Waals surface area contributed by atoms with Gasteiger partial charge >= 0.3 is 0 Å². The summed E-state index contributed by atoms with van der Waals surface area (Å²) in [6.07, 6.45) is 1.78. The highest BCUT2D eigenvalue weighted by molar-refractivity contribution is 8.15. The quantitative estimate of drug-likeness (QED) is 0.422. The number of carbonyl (C=O) groups is 1. The zero-order valence-corrected chi connectivity index (χ0v) is 15.5. The van der Waals surface area contributed by atoms with Gasteiger partial charge in [0.25, 0.3) is 0 Å². The third-order valence-corrected chi connectivity index (χ3v) is 5.90. The maximum atomic E-state index is 11.9. The lowest BCUT2D eigenvalue weighted by Crippen LogP contribution is -2.27. The molecule has 0 aliphatic carbocycles. The van der Waals surface area contributed by atoms with Crippen LogP contribution in [0.2, 0.25) is 0 Å². The lowest BCUT2D eigenvalue weighted by molar-refractivity contribution is -0.119. The molecule has 0 unspecified atom stereocenters. The summed E-state index contributed by atoms with van der Waals surface area (Å²) >= 11 is 1.44. The van der Waals surface area contributed by atoms with Crippen LogP contribution in [0.5, 0.6) is 0 Å². The van der Waals surface area contributed by atoms with Gasteiger partial charge in [0.15, 0.2) is 5.17 Å². The number of hydrogen-bond donors (Lipinski definition) is 1. The Morgan fingerprint density at radius 1 is 1.04 bits per heavy atom. The predicted molar refractivity (Wildman–Crippen MR) is 111 cm³/mol. The van der Waals surface area contributed by atoms with Gasteiger partial charge in [0.05, 0.1) is 11.5 Å². The van der Waals surface area contributed by atoms with E-state index in [1.807, 2.05) is 38.1 Å². The maximum absolute atomic E-state index is 11.9. The first kappa shape index (κ1) is 16.8. The van der Waals surface area contributed by atoms with Crippen molar-refractivity contribution in [2.24, 2.45) is 16.1 Å². The van der Waals surface area contributed by atoms with E-state index < -0.39 is 0 Å². The number of nitrogens with one attached hydrogen (secondary N) is 1. The largest absolute Gasteiger partial charge is 0.303 e. The van der Waals surface area contributed by atoms with E-state index >= 15 is 0 Å². The average molecular weight is 361 g/mol. The first-order valence-electron chi connectivity index (χ1n) is 8.62. The van der Waals surface area contributed by atoms with E-state index in [9.17, 15) is 4.79 Å². The molecular formula is C21H19N3OS. The smallest absolute Gasteiger partial charge is 0.239 e. The van der Waals surface area contributed by atoms with Crippen molar-refractivity contribution in [2.45, 2.75) is 19.1 Å². The molecule has 130 valence electrons. The molecule has 3 aromatic carbocycles. The Bertz CT molecular complexity index is 1000. The van der Waals surface area contributed by atoms with Crippen LogP contribution in [0, 0.1) is 5.92 Å².